The molecule has 56 heavy (non-hydrogen) atoms. The highest BCUT2D eigenvalue weighted by molar-refractivity contribution is 6.91. The summed E-state index contributed by atoms with van der Waals surface area (Å²) in [5, 5.41) is 17.6. The summed E-state index contributed by atoms with van der Waals surface area (Å²) in [4.78, 5) is 46.2. The minimum atomic E-state index is -2.50. The molecule has 3 aliphatic heterocycles. The van der Waals surface area contributed by atoms with Crippen molar-refractivity contribution < 1.29 is 29.0 Å². The smallest absolute Gasteiger partial charge is 0.264 e. The first-order valence-corrected chi connectivity index (χ1v) is 22.9. The van der Waals surface area contributed by atoms with Crippen LogP contribution >= 0.6 is 0 Å². The van der Waals surface area contributed by atoms with Gasteiger partial charge in [-0.3, -0.25) is 14.4 Å². The summed E-state index contributed by atoms with van der Waals surface area (Å²) >= 11 is 0. The number of benzene rings is 4. The number of anilines is 2. The summed E-state index contributed by atoms with van der Waals surface area (Å²) in [5.41, 5.74) is 2.71. The van der Waals surface area contributed by atoms with Crippen LogP contribution in [0.15, 0.2) is 103 Å². The van der Waals surface area contributed by atoms with Gasteiger partial charge in [-0.2, -0.15) is 0 Å². The molecule has 5 atom stereocenters. The minimum absolute atomic E-state index is 0.000623. The first kappa shape index (κ1) is 39.4. The van der Waals surface area contributed by atoms with Gasteiger partial charge < -0.3 is 35.0 Å². The second-order valence-electron chi connectivity index (χ2n) is 16.0. The van der Waals surface area contributed by atoms with Gasteiger partial charge in [0.25, 0.3) is 5.91 Å². The van der Waals surface area contributed by atoms with Crippen LogP contribution in [0.1, 0.15) is 42.9 Å². The lowest BCUT2D eigenvalue weighted by atomic mass is 9.82. The third-order valence-electron chi connectivity index (χ3n) is 12.3. The molecule has 7 rings (SSSR count). The van der Waals surface area contributed by atoms with E-state index in [1.54, 1.807) is 12.0 Å². The molecule has 4 aromatic rings. The molecule has 294 valence electrons. The molecule has 3 amide bonds. The van der Waals surface area contributed by atoms with Crippen LogP contribution in [0, 0.1) is 11.8 Å². The van der Waals surface area contributed by atoms with Crippen molar-refractivity contribution in [1.82, 2.24) is 10.2 Å². The topological polar surface area (TPSA) is 120 Å². The maximum atomic E-state index is 15.3. The van der Waals surface area contributed by atoms with E-state index < -0.39 is 19.8 Å². The zero-order chi connectivity index (χ0) is 39.5. The van der Waals surface area contributed by atoms with Gasteiger partial charge >= 0.3 is 0 Å². The molecule has 10 nitrogen and oxygen atoms in total. The standard InChI is InChI=1S/C45H54N4O6Si/c1-31-42(56(3,4)37-21-19-36(54-2)20-22-37)40(27-41(51)48(24-25-50)29-32-12-6-5-7-13-32)55-45(31)38-17-8-9-18-39(38)49(44(45)53)30-33-14-10-16-35(26-33)47-43(52)34-15-11-23-46-28-34/h5-10,12-14,16-22,26,31,34,40,42,46,50H,11,15,23-25,27-30H2,1-4H3,(H,47,52)/t31-,34?,40+,42-,45+/m1/s1. The number of hydrogen-bond acceptors (Lipinski definition) is 7. The Kier molecular flexibility index (Phi) is 11.8. The molecule has 4 aromatic carbocycles. The van der Waals surface area contributed by atoms with Crippen LogP contribution in [0.25, 0.3) is 0 Å². The number of nitrogens with one attached hydrogen (secondary N) is 2. The molecule has 1 unspecified atom stereocenters. The van der Waals surface area contributed by atoms with Gasteiger partial charge in [-0.1, -0.05) is 98.0 Å². The highest BCUT2D eigenvalue weighted by atomic mass is 28.3. The van der Waals surface area contributed by atoms with Crippen LogP contribution in [-0.2, 0) is 37.8 Å². The quantitative estimate of drug-likeness (QED) is 0.147. The van der Waals surface area contributed by atoms with E-state index in [1.165, 1.54) is 5.19 Å². The van der Waals surface area contributed by atoms with Crippen LogP contribution in [-0.4, -0.2) is 75.3 Å². The van der Waals surface area contributed by atoms with E-state index in [-0.39, 0.29) is 61.2 Å². The first-order valence-electron chi connectivity index (χ1n) is 19.8. The monoisotopic (exact) mass is 774 g/mol. The van der Waals surface area contributed by atoms with Gasteiger partial charge in [0.15, 0.2) is 5.60 Å². The largest absolute Gasteiger partial charge is 0.497 e. The number of fused-ring (bicyclic) bond motifs is 2. The Bertz CT molecular complexity index is 2020. The first-order chi connectivity index (χ1) is 27.1. The Hall–Kier alpha value is -4.81. The fourth-order valence-electron chi connectivity index (χ4n) is 9.39. The molecular formula is C45H54N4O6Si. The van der Waals surface area contributed by atoms with Gasteiger partial charge in [0.2, 0.25) is 11.8 Å². The number of carbonyl (C=O) groups excluding carboxylic acids is 3. The van der Waals surface area contributed by atoms with Crippen molar-refractivity contribution in [3.63, 3.8) is 0 Å². The van der Waals surface area contributed by atoms with E-state index >= 15 is 4.79 Å². The molecule has 0 aromatic heterocycles. The van der Waals surface area contributed by atoms with Crippen LogP contribution < -0.4 is 25.5 Å². The summed E-state index contributed by atoms with van der Waals surface area (Å²) in [5.74, 6) is 0.139. The van der Waals surface area contributed by atoms with Gasteiger partial charge in [0.05, 0.1) is 52.5 Å². The molecule has 3 N–H and O–H groups in total. The maximum Gasteiger partial charge on any atom is 0.264 e. The average molecular weight is 775 g/mol. The molecule has 1 spiro atoms. The molecule has 0 bridgehead atoms. The second kappa shape index (κ2) is 16.7. The predicted octanol–water partition coefficient (Wildman–Crippen LogP) is 5.81. The molecule has 3 heterocycles. The van der Waals surface area contributed by atoms with Crippen molar-refractivity contribution in [3.05, 3.63) is 120 Å². The number of aliphatic hydroxyl groups is 1. The number of para-hydroxylation sites is 1. The van der Waals surface area contributed by atoms with Crippen LogP contribution in [0.4, 0.5) is 11.4 Å². The highest BCUT2D eigenvalue weighted by Crippen LogP contribution is 2.60. The normalized spacial score (nSPS) is 23.2. The lowest BCUT2D eigenvalue weighted by Gasteiger charge is -2.37. The number of rotatable bonds is 13. The SMILES string of the molecule is COc1ccc([Si](C)(C)[C@H]2[C@H](CC(=O)N(CCO)Cc3ccccc3)O[C@@]3(C(=O)N(Cc4cccc(NC(=O)C5CCCNC5)c4)c4ccccc43)[C@@H]2C)cc1. The summed E-state index contributed by atoms with van der Waals surface area (Å²) in [6.07, 6.45) is 1.34. The van der Waals surface area contributed by atoms with Crippen molar-refractivity contribution in [2.45, 2.75) is 69.6 Å². The van der Waals surface area contributed by atoms with Crippen LogP contribution in [0.5, 0.6) is 5.75 Å². The number of nitrogens with zero attached hydrogens (tertiary/aromatic N) is 2. The van der Waals surface area contributed by atoms with Crippen molar-refractivity contribution in [1.29, 1.82) is 0 Å². The lowest BCUT2D eigenvalue weighted by molar-refractivity contribution is -0.150. The molecule has 0 saturated carbocycles. The van der Waals surface area contributed by atoms with Crippen molar-refractivity contribution in [3.8, 4) is 5.75 Å². The van der Waals surface area contributed by atoms with Crippen molar-refractivity contribution in [2.75, 3.05) is 43.6 Å². The number of amides is 3. The summed E-state index contributed by atoms with van der Waals surface area (Å²) < 4.78 is 12.7. The Labute approximate surface area is 331 Å². The highest BCUT2D eigenvalue weighted by Gasteiger charge is 2.66. The van der Waals surface area contributed by atoms with Crippen LogP contribution in [0.2, 0.25) is 18.6 Å². The Morgan fingerprint density at radius 3 is 2.45 bits per heavy atom. The van der Waals surface area contributed by atoms with Gasteiger partial charge in [-0.05, 0) is 66.4 Å². The van der Waals surface area contributed by atoms with Gasteiger partial charge in [0.1, 0.15) is 5.75 Å². The van der Waals surface area contributed by atoms with Crippen molar-refractivity contribution >= 4 is 42.4 Å². The van der Waals surface area contributed by atoms with E-state index in [4.69, 9.17) is 9.47 Å². The third kappa shape index (κ3) is 7.65. The number of ether oxygens (including phenoxy) is 2. The molecule has 0 radical (unpaired) electrons. The third-order valence-corrected chi connectivity index (χ3v) is 16.6. The zero-order valence-corrected chi connectivity index (χ0v) is 33.9. The lowest BCUT2D eigenvalue weighted by Crippen LogP contribution is -2.52. The number of piperidine rings is 1. The van der Waals surface area contributed by atoms with Gasteiger partial charge in [-0.25, -0.2) is 0 Å². The van der Waals surface area contributed by atoms with Gasteiger partial charge in [-0.15, -0.1) is 0 Å². The van der Waals surface area contributed by atoms with E-state index in [2.05, 4.69) is 42.8 Å². The van der Waals surface area contributed by atoms with E-state index in [1.807, 2.05) is 95.9 Å². The Balaban J connectivity index is 1.22. The Morgan fingerprint density at radius 1 is 1.00 bits per heavy atom. The molecule has 2 fully saturated rings. The molecule has 11 heteroatoms. The number of hydrogen-bond donors (Lipinski definition) is 3. The van der Waals surface area contributed by atoms with E-state index in [9.17, 15) is 14.7 Å². The zero-order valence-electron chi connectivity index (χ0n) is 32.9. The molecule has 2 saturated heterocycles. The van der Waals surface area contributed by atoms with Crippen LogP contribution in [0.3, 0.4) is 0 Å². The molecule has 0 aliphatic carbocycles. The van der Waals surface area contributed by atoms with Crippen molar-refractivity contribution in [2.24, 2.45) is 11.8 Å². The summed E-state index contributed by atoms with van der Waals surface area (Å²) in [7, 11) is -0.844. The Morgan fingerprint density at radius 2 is 1.73 bits per heavy atom. The molecule has 3 aliphatic rings. The summed E-state index contributed by atoms with van der Waals surface area (Å²) in [6.45, 7) is 9.02. The van der Waals surface area contributed by atoms with E-state index in [0.717, 1.165) is 47.5 Å². The maximum absolute atomic E-state index is 15.3. The molecular weight excluding hydrogens is 721 g/mol. The van der Waals surface area contributed by atoms with Gasteiger partial charge in [0, 0.05) is 36.8 Å². The fraction of sp³-hybridized carbons (Fsp3) is 0.400. The number of methoxy groups -OCH3 is 1. The average Bonchev–Trinajstić information content (AvgIpc) is 3.64. The minimum Gasteiger partial charge on any atom is -0.497 e. The second-order valence-corrected chi connectivity index (χ2v) is 20.7. The summed E-state index contributed by atoms with van der Waals surface area (Å²) in [6, 6.07) is 33.5. The number of carbonyl (C=O) groups is 3. The fourth-order valence-corrected chi connectivity index (χ4v) is 13.4. The predicted molar refractivity (Wildman–Crippen MR) is 221 cm³/mol. The van der Waals surface area contributed by atoms with E-state index in [0.29, 0.717) is 18.8 Å². The number of aliphatic hydroxyl groups excluding tert-OH is 1.